The first-order valence-corrected chi connectivity index (χ1v) is 59.8. The third kappa shape index (κ3) is 117. The minimum Gasteiger partial charge on any atom is 4.00 e. The van der Waals surface area contributed by atoms with Gasteiger partial charge in [-0.1, -0.05) is 0 Å². The van der Waals surface area contributed by atoms with Gasteiger partial charge in [-0.15, -0.1) is 0 Å². The zero-order chi connectivity index (χ0) is 84.0. The molecular formula is C96H200O12P4Ti3. The maximum atomic E-state index is 12.2. The van der Waals surface area contributed by atoms with Crippen molar-refractivity contribution in [2.24, 2.45) is 0 Å². The quantitative estimate of drug-likeness (QED) is 0.0312. The van der Waals surface area contributed by atoms with Crippen LogP contribution in [-0.4, -0.2) is 49.3 Å². The van der Waals surface area contributed by atoms with Crippen LogP contribution in [-0.2, 0) is 65.2 Å². The van der Waals surface area contributed by atoms with Crippen LogP contribution < -0.4 is 58.7 Å². The summed E-state index contributed by atoms with van der Waals surface area (Å²) in [6.45, 7) is 17.8. The Morgan fingerprint density at radius 2 is 0.148 bits per heavy atom. The third-order valence-electron chi connectivity index (χ3n) is 23.5. The molecular weight excluding hydrogens is 1610 g/mol. The van der Waals surface area contributed by atoms with Crippen LogP contribution in [0.3, 0.4) is 0 Å². The van der Waals surface area contributed by atoms with Crippen LogP contribution in [0.4, 0.5) is 0 Å². The van der Waals surface area contributed by atoms with Crippen LogP contribution in [0.2, 0.25) is 0 Å². The monoisotopic (exact) mass is 1810 g/mol. The number of hydrogen-bond acceptors (Lipinski definition) is 12. The zero-order valence-electron chi connectivity index (χ0n) is 78.4. The molecule has 19 heteroatoms. The molecule has 0 unspecified atom stereocenters. The average molecular weight is 1810 g/mol. The van der Waals surface area contributed by atoms with E-state index in [1.54, 1.807) is 0 Å². The van der Waals surface area contributed by atoms with Crippen molar-refractivity contribution >= 4 is 29.1 Å². The van der Waals surface area contributed by atoms with E-state index in [4.69, 9.17) is 0 Å². The second kappa shape index (κ2) is 92.1. The molecule has 12 nitrogen and oxygen atoms in total. The molecule has 0 N–H and O–H groups in total. The fourth-order valence-corrected chi connectivity index (χ4v) is 23.3. The molecule has 0 heterocycles. The van der Waals surface area contributed by atoms with E-state index in [0.717, 1.165) is 103 Å². The SMILES string of the molecule is CCCCCCCCCCCCP([O-])([O-])([O-])CCCCCCCCCCCC.CCCCCCCCCCCCP([O-])([O-])([O-])CCCCCCCCCCCC.CCCCCCCCCCCCP([O-])([O-])([O-])CCCCCCCCCCCC.CCCCCCCCCCCCP([O-])([O-])([O-])CCCCCCCCCCCC.[Ti+4].[Ti+4].[Ti+4]. The van der Waals surface area contributed by atoms with E-state index in [1.807, 2.05) is 0 Å². The number of hydrogen-bond donors (Lipinski definition) is 0. The Morgan fingerprint density at radius 3 is 0.209 bits per heavy atom. The minimum atomic E-state index is -5.11. The molecule has 0 saturated carbocycles. The van der Waals surface area contributed by atoms with Crippen LogP contribution in [0.1, 0.15) is 569 Å². The number of unbranched alkanes of at least 4 members (excludes halogenated alkanes) is 72. The normalized spacial score (nSPS) is 13.2. The molecule has 0 aromatic carbocycles. The van der Waals surface area contributed by atoms with Gasteiger partial charge >= 0.3 is 771 Å². The van der Waals surface area contributed by atoms with Gasteiger partial charge in [0, 0.05) is 0 Å². The van der Waals surface area contributed by atoms with E-state index in [-0.39, 0.29) is 114 Å². The molecule has 0 aliphatic rings. The van der Waals surface area contributed by atoms with Crippen molar-refractivity contribution in [3.05, 3.63) is 0 Å². The number of rotatable bonds is 88. The van der Waals surface area contributed by atoms with Gasteiger partial charge in [0.25, 0.3) is 0 Å². The van der Waals surface area contributed by atoms with Gasteiger partial charge in [0.1, 0.15) is 0 Å². The second-order valence-electron chi connectivity index (χ2n) is 36.1. The predicted molar refractivity (Wildman–Crippen MR) is 481 cm³/mol. The van der Waals surface area contributed by atoms with E-state index in [1.165, 1.54) is 360 Å². The Bertz CT molecular complexity index is 1470. The summed E-state index contributed by atoms with van der Waals surface area (Å²) in [5.74, 6) is 0. The van der Waals surface area contributed by atoms with Crippen LogP contribution in [0, 0.1) is 0 Å². The van der Waals surface area contributed by atoms with Gasteiger partial charge in [-0.05, 0) is 0 Å². The Morgan fingerprint density at radius 1 is 0.0957 bits per heavy atom. The first-order valence-electron chi connectivity index (χ1n) is 50.4. The summed E-state index contributed by atoms with van der Waals surface area (Å²) >= 11 is 0. The van der Waals surface area contributed by atoms with Gasteiger partial charge < -0.3 is 0 Å². The average Bonchev–Trinajstić information content (AvgIpc) is 0.859. The molecule has 0 saturated heterocycles. The molecule has 0 aromatic rings. The molecule has 0 fully saturated rings. The smallest absolute Gasteiger partial charge is 4.00 e. The second-order valence-corrected chi connectivity index (χ2v) is 49.5. The summed E-state index contributed by atoms with van der Waals surface area (Å²) in [5, 5.41) is 0. The summed E-state index contributed by atoms with van der Waals surface area (Å²) in [6, 6.07) is 0. The van der Waals surface area contributed by atoms with Gasteiger partial charge in [-0.25, -0.2) is 0 Å². The first kappa shape index (κ1) is 131. The van der Waals surface area contributed by atoms with Crippen LogP contribution in [0.5, 0.6) is 0 Å². The van der Waals surface area contributed by atoms with E-state index in [2.05, 4.69) is 55.4 Å². The van der Waals surface area contributed by atoms with E-state index in [9.17, 15) is 58.7 Å². The van der Waals surface area contributed by atoms with E-state index >= 15 is 0 Å². The molecule has 0 spiro atoms. The summed E-state index contributed by atoms with van der Waals surface area (Å²) in [4.78, 5) is 146. The van der Waals surface area contributed by atoms with Crippen molar-refractivity contribution in [1.82, 2.24) is 0 Å². The van der Waals surface area contributed by atoms with E-state index in [0.29, 0.717) is 51.4 Å². The van der Waals surface area contributed by atoms with Crippen LogP contribution >= 0.6 is 29.1 Å². The van der Waals surface area contributed by atoms with Crippen LogP contribution in [0.25, 0.3) is 0 Å². The predicted octanol–water partition coefficient (Wildman–Crippen LogP) is 24.8. The third-order valence-corrected chi connectivity index (χ3v) is 33.0. The molecule has 115 heavy (non-hydrogen) atoms. The van der Waals surface area contributed by atoms with Gasteiger partial charge in [0.05, 0.1) is 0 Å². The zero-order valence-corrected chi connectivity index (χ0v) is 86.7. The molecule has 688 valence electrons. The molecule has 0 radical (unpaired) electrons. The molecule has 0 atom stereocenters. The van der Waals surface area contributed by atoms with Gasteiger partial charge in [0.15, 0.2) is 0 Å². The Labute approximate surface area is 765 Å². The summed E-state index contributed by atoms with van der Waals surface area (Å²) in [6.07, 6.45) is 91.1. The van der Waals surface area contributed by atoms with Crippen molar-refractivity contribution in [2.75, 3.05) is 49.3 Å². The summed E-state index contributed by atoms with van der Waals surface area (Å²) in [7, 11) is -20.4. The maximum absolute atomic E-state index is 12.2. The molecule has 0 bridgehead atoms. The molecule has 0 amide bonds. The van der Waals surface area contributed by atoms with Crippen molar-refractivity contribution in [3.8, 4) is 0 Å². The Kier molecular flexibility index (Phi) is 105. The van der Waals surface area contributed by atoms with Gasteiger partial charge in [0.2, 0.25) is 0 Å². The summed E-state index contributed by atoms with van der Waals surface area (Å²) < 4.78 is 0. The van der Waals surface area contributed by atoms with Crippen molar-refractivity contribution in [3.63, 3.8) is 0 Å². The molecule has 0 rings (SSSR count). The van der Waals surface area contributed by atoms with Crippen LogP contribution in [0.15, 0.2) is 0 Å². The fraction of sp³-hybridized carbons (Fsp3) is 1.00. The Hall–Kier alpha value is 3.38. The minimum absolute atomic E-state index is 0. The van der Waals surface area contributed by atoms with E-state index < -0.39 is 29.1 Å². The molecule has 0 aliphatic heterocycles. The first-order chi connectivity index (χ1) is 53.6. The fourth-order valence-electron chi connectivity index (χ4n) is 15.7. The van der Waals surface area contributed by atoms with Gasteiger partial charge in [-0.2, -0.15) is 0 Å². The van der Waals surface area contributed by atoms with Crippen molar-refractivity contribution < 1.29 is 124 Å². The van der Waals surface area contributed by atoms with Crippen molar-refractivity contribution in [1.29, 1.82) is 0 Å². The van der Waals surface area contributed by atoms with Gasteiger partial charge in [-0.3, -0.25) is 0 Å². The Balaban J connectivity index is -0.000000268. The molecule has 0 aliphatic carbocycles. The molecule has 0 aromatic heterocycles. The standard InChI is InChI=1S/4C24H50O3P.3Ti/c4*1-3-5-7-9-11-13-15-17-19-21-23-28(25,26,27)24-22-20-18-16-14-12-10-8-6-4-2;;;/h4*3-24H2,1-2H3;;;/q4*-3;3*+4. The van der Waals surface area contributed by atoms with Crippen molar-refractivity contribution in [2.45, 2.75) is 569 Å². The summed E-state index contributed by atoms with van der Waals surface area (Å²) in [5.41, 5.74) is 0. The topological polar surface area (TPSA) is 277 Å².